The molecule has 8 heteroatoms. The average Bonchev–Trinajstić information content (AvgIpc) is 3.33. The van der Waals surface area contributed by atoms with Gasteiger partial charge >= 0.3 is 0 Å². The Bertz CT molecular complexity index is 1120. The number of pyridine rings is 1. The third kappa shape index (κ3) is 5.22. The van der Waals surface area contributed by atoms with Gasteiger partial charge in [0.1, 0.15) is 11.6 Å². The maximum absolute atomic E-state index is 11.9. The lowest BCUT2D eigenvalue weighted by atomic mass is 9.96. The molecule has 1 aliphatic heterocycles. The van der Waals surface area contributed by atoms with Crippen LogP contribution < -0.4 is 15.0 Å². The fourth-order valence-corrected chi connectivity index (χ4v) is 4.03. The molecule has 2 aromatic heterocycles. The number of anilines is 2. The number of nitrogens with zero attached hydrogens (tertiary/aromatic N) is 5. The van der Waals surface area contributed by atoms with Crippen molar-refractivity contribution in [2.75, 3.05) is 44.5 Å². The van der Waals surface area contributed by atoms with Gasteiger partial charge in [0, 0.05) is 64.5 Å². The summed E-state index contributed by atoms with van der Waals surface area (Å²) in [7, 11) is 5.53. The van der Waals surface area contributed by atoms with Crippen LogP contribution in [0.1, 0.15) is 30.5 Å². The molecule has 4 rings (SSSR count). The largest absolute Gasteiger partial charge is 0.497 e. The van der Waals surface area contributed by atoms with Crippen LogP contribution in [0, 0.1) is 0 Å². The molecule has 0 aliphatic carbocycles. The lowest BCUT2D eigenvalue weighted by Crippen LogP contribution is -2.25. The highest BCUT2D eigenvalue weighted by molar-refractivity contribution is 5.74. The smallest absolute Gasteiger partial charge is 0.225 e. The van der Waals surface area contributed by atoms with Crippen LogP contribution in [0.15, 0.2) is 48.8 Å². The number of benzene rings is 1. The standard InChI is InChI=1S/C25H30N6O2/c1-17(32)31-12-10-20(16-31)24-22(15-28-25(29-24)30(2)3)19-9-11-26-23(13-19)27-14-18-5-7-21(33-4)8-6-18/h5-9,11,13,15,20H,10,12,14,16H2,1-4H3,(H,26,27)/t20-/m1/s1. The monoisotopic (exact) mass is 446 g/mol. The number of aromatic nitrogens is 3. The van der Waals surface area contributed by atoms with Gasteiger partial charge in [-0.3, -0.25) is 4.79 Å². The van der Waals surface area contributed by atoms with E-state index < -0.39 is 0 Å². The summed E-state index contributed by atoms with van der Waals surface area (Å²) in [5.74, 6) is 2.57. The molecule has 172 valence electrons. The molecular formula is C25H30N6O2. The molecule has 0 bridgehead atoms. The number of amides is 1. The van der Waals surface area contributed by atoms with E-state index in [1.165, 1.54) is 0 Å². The Kier molecular flexibility index (Phi) is 6.72. The third-order valence-corrected chi connectivity index (χ3v) is 5.93. The third-order valence-electron chi connectivity index (χ3n) is 5.93. The van der Waals surface area contributed by atoms with Gasteiger partial charge in [0.2, 0.25) is 11.9 Å². The predicted molar refractivity (Wildman–Crippen MR) is 130 cm³/mol. The Labute approximate surface area is 194 Å². The van der Waals surface area contributed by atoms with E-state index in [1.54, 1.807) is 20.2 Å². The summed E-state index contributed by atoms with van der Waals surface area (Å²) in [4.78, 5) is 29.6. The minimum atomic E-state index is 0.106. The summed E-state index contributed by atoms with van der Waals surface area (Å²) >= 11 is 0. The van der Waals surface area contributed by atoms with E-state index in [2.05, 4.69) is 15.3 Å². The first kappa shape index (κ1) is 22.5. The summed E-state index contributed by atoms with van der Waals surface area (Å²) in [6, 6.07) is 12.0. The lowest BCUT2D eigenvalue weighted by Gasteiger charge is -2.19. The molecule has 0 spiro atoms. The van der Waals surface area contributed by atoms with E-state index in [4.69, 9.17) is 9.72 Å². The molecule has 1 N–H and O–H groups in total. The van der Waals surface area contributed by atoms with E-state index in [1.807, 2.05) is 66.5 Å². The maximum atomic E-state index is 11.9. The van der Waals surface area contributed by atoms with Gasteiger partial charge in [-0.2, -0.15) is 0 Å². The van der Waals surface area contributed by atoms with Crippen molar-refractivity contribution in [3.63, 3.8) is 0 Å². The normalized spacial score (nSPS) is 15.4. The molecule has 1 aromatic carbocycles. The number of carbonyl (C=O) groups is 1. The molecule has 3 heterocycles. The van der Waals surface area contributed by atoms with Gasteiger partial charge in [-0.15, -0.1) is 0 Å². The summed E-state index contributed by atoms with van der Waals surface area (Å²) in [6.45, 7) is 3.71. The van der Waals surface area contributed by atoms with Crippen molar-refractivity contribution in [3.8, 4) is 16.9 Å². The molecule has 1 fully saturated rings. The Balaban J connectivity index is 1.59. The van der Waals surface area contributed by atoms with E-state index in [0.29, 0.717) is 19.0 Å². The Hall–Kier alpha value is -3.68. The zero-order valence-corrected chi connectivity index (χ0v) is 19.6. The summed E-state index contributed by atoms with van der Waals surface area (Å²) in [5.41, 5.74) is 4.09. The van der Waals surface area contributed by atoms with Gasteiger partial charge in [-0.1, -0.05) is 12.1 Å². The van der Waals surface area contributed by atoms with Crippen molar-refractivity contribution in [1.29, 1.82) is 0 Å². The summed E-state index contributed by atoms with van der Waals surface area (Å²) < 4.78 is 5.22. The summed E-state index contributed by atoms with van der Waals surface area (Å²) in [5, 5.41) is 3.40. The SMILES string of the molecule is COc1ccc(CNc2cc(-c3cnc(N(C)C)nc3[C@@H]3CCN(C(C)=O)C3)ccn2)cc1. The van der Waals surface area contributed by atoms with Crippen LogP contribution in [-0.2, 0) is 11.3 Å². The number of hydrogen-bond donors (Lipinski definition) is 1. The Morgan fingerprint density at radius 3 is 2.67 bits per heavy atom. The van der Waals surface area contributed by atoms with Crippen LogP contribution in [0.5, 0.6) is 5.75 Å². The highest BCUT2D eigenvalue weighted by Gasteiger charge is 2.29. The van der Waals surface area contributed by atoms with Crippen LogP contribution in [0.25, 0.3) is 11.1 Å². The molecule has 0 radical (unpaired) electrons. The molecule has 0 unspecified atom stereocenters. The van der Waals surface area contributed by atoms with Crippen molar-refractivity contribution < 1.29 is 9.53 Å². The van der Waals surface area contributed by atoms with Crippen molar-refractivity contribution in [1.82, 2.24) is 19.9 Å². The topological polar surface area (TPSA) is 83.5 Å². The van der Waals surface area contributed by atoms with Crippen LogP contribution in [0.4, 0.5) is 11.8 Å². The molecule has 0 saturated carbocycles. The molecule has 1 aliphatic rings. The minimum absolute atomic E-state index is 0.106. The Morgan fingerprint density at radius 2 is 2.00 bits per heavy atom. The van der Waals surface area contributed by atoms with Crippen LogP contribution in [0.3, 0.4) is 0 Å². The zero-order valence-electron chi connectivity index (χ0n) is 19.6. The van der Waals surface area contributed by atoms with Gasteiger partial charge in [-0.25, -0.2) is 15.0 Å². The first-order valence-electron chi connectivity index (χ1n) is 11.1. The number of hydrogen-bond acceptors (Lipinski definition) is 7. The zero-order chi connectivity index (χ0) is 23.4. The fraction of sp³-hybridized carbons (Fsp3) is 0.360. The van der Waals surface area contributed by atoms with Crippen LogP contribution in [0.2, 0.25) is 0 Å². The summed E-state index contributed by atoms with van der Waals surface area (Å²) in [6.07, 6.45) is 4.58. The molecule has 8 nitrogen and oxygen atoms in total. The van der Waals surface area contributed by atoms with Crippen molar-refractivity contribution in [2.45, 2.75) is 25.8 Å². The second-order valence-corrected chi connectivity index (χ2v) is 8.45. The van der Waals surface area contributed by atoms with Crippen LogP contribution in [-0.4, -0.2) is 60.1 Å². The van der Waals surface area contributed by atoms with Gasteiger partial charge < -0.3 is 19.9 Å². The second kappa shape index (κ2) is 9.85. The molecule has 1 atom stereocenters. The quantitative estimate of drug-likeness (QED) is 0.594. The molecule has 1 amide bonds. The number of nitrogens with one attached hydrogen (secondary N) is 1. The Morgan fingerprint density at radius 1 is 1.21 bits per heavy atom. The highest BCUT2D eigenvalue weighted by atomic mass is 16.5. The average molecular weight is 447 g/mol. The second-order valence-electron chi connectivity index (χ2n) is 8.45. The van der Waals surface area contributed by atoms with Gasteiger partial charge in [0.15, 0.2) is 0 Å². The predicted octanol–water partition coefficient (Wildman–Crippen LogP) is 3.56. The van der Waals surface area contributed by atoms with Crippen LogP contribution >= 0.6 is 0 Å². The van der Waals surface area contributed by atoms with Crippen molar-refractivity contribution in [3.05, 3.63) is 60.0 Å². The number of carbonyl (C=O) groups excluding carboxylic acids is 1. The van der Waals surface area contributed by atoms with E-state index in [-0.39, 0.29) is 11.8 Å². The van der Waals surface area contributed by atoms with E-state index in [9.17, 15) is 4.79 Å². The minimum Gasteiger partial charge on any atom is -0.497 e. The van der Waals surface area contributed by atoms with E-state index >= 15 is 0 Å². The molecule has 3 aromatic rings. The highest BCUT2D eigenvalue weighted by Crippen LogP contribution is 2.34. The lowest BCUT2D eigenvalue weighted by molar-refractivity contribution is -0.127. The van der Waals surface area contributed by atoms with E-state index in [0.717, 1.165) is 46.9 Å². The van der Waals surface area contributed by atoms with Gasteiger partial charge in [0.25, 0.3) is 0 Å². The molecule has 1 saturated heterocycles. The first-order chi connectivity index (χ1) is 15.9. The molecular weight excluding hydrogens is 416 g/mol. The van der Waals surface area contributed by atoms with Crippen molar-refractivity contribution >= 4 is 17.7 Å². The number of ether oxygens (including phenoxy) is 1. The van der Waals surface area contributed by atoms with Gasteiger partial charge in [-0.05, 0) is 41.8 Å². The van der Waals surface area contributed by atoms with Crippen molar-refractivity contribution in [2.24, 2.45) is 0 Å². The number of rotatable bonds is 7. The maximum Gasteiger partial charge on any atom is 0.225 e. The fourth-order valence-electron chi connectivity index (χ4n) is 4.03. The number of methoxy groups -OCH3 is 1. The van der Waals surface area contributed by atoms with Gasteiger partial charge in [0.05, 0.1) is 12.8 Å². The number of likely N-dealkylation sites (tertiary alicyclic amines) is 1. The first-order valence-corrected chi connectivity index (χ1v) is 11.1. The molecule has 33 heavy (non-hydrogen) atoms.